The van der Waals surface area contributed by atoms with Crippen LogP contribution in [0.4, 0.5) is 0 Å². The average Bonchev–Trinajstić information content (AvgIpc) is 2.54. The van der Waals surface area contributed by atoms with E-state index in [1.165, 1.54) is 19.3 Å². The van der Waals surface area contributed by atoms with E-state index in [9.17, 15) is 9.59 Å². The van der Waals surface area contributed by atoms with Gasteiger partial charge in [0.25, 0.3) is 0 Å². The van der Waals surface area contributed by atoms with E-state index in [0.29, 0.717) is 32.1 Å². The van der Waals surface area contributed by atoms with Crippen molar-refractivity contribution in [3.05, 3.63) is 0 Å². The average molecular weight is 332 g/mol. The van der Waals surface area contributed by atoms with Crippen molar-refractivity contribution in [2.75, 3.05) is 26.2 Å². The van der Waals surface area contributed by atoms with Gasteiger partial charge in [0.05, 0.1) is 6.04 Å². The van der Waals surface area contributed by atoms with Crippen LogP contribution < -0.4 is 5.73 Å². The highest BCUT2D eigenvalue weighted by Crippen LogP contribution is 2.25. The third-order valence-corrected chi connectivity index (χ3v) is 4.77. The van der Waals surface area contributed by atoms with Gasteiger partial charge in [-0.25, -0.2) is 0 Å². The molecule has 2 rings (SSSR count). The van der Waals surface area contributed by atoms with Crippen molar-refractivity contribution in [3.8, 4) is 0 Å². The molecule has 0 bridgehead atoms. The second kappa shape index (κ2) is 9.36. The molecule has 0 aromatic carbocycles. The first kappa shape index (κ1) is 19.2. The fourth-order valence-electron chi connectivity index (χ4n) is 3.42. The molecule has 2 amide bonds. The normalized spacial score (nSPS) is 21.2. The van der Waals surface area contributed by atoms with Gasteiger partial charge in [0, 0.05) is 32.1 Å². The van der Waals surface area contributed by atoms with Crippen LogP contribution in [0.25, 0.3) is 0 Å². The summed E-state index contributed by atoms with van der Waals surface area (Å²) < 4.78 is 0. The number of hydrogen-bond acceptors (Lipinski definition) is 3. The Morgan fingerprint density at radius 2 is 1.59 bits per heavy atom. The van der Waals surface area contributed by atoms with Crippen LogP contribution in [0, 0.1) is 5.92 Å². The number of piperazine rings is 1. The van der Waals surface area contributed by atoms with Crippen LogP contribution in [0.15, 0.2) is 0 Å². The summed E-state index contributed by atoms with van der Waals surface area (Å²) in [6.07, 6.45) is 7.37. The first-order valence-electron chi connectivity index (χ1n) is 8.46. The summed E-state index contributed by atoms with van der Waals surface area (Å²) in [5, 5.41) is 0. The molecule has 1 saturated heterocycles. The first-order valence-corrected chi connectivity index (χ1v) is 8.46. The van der Waals surface area contributed by atoms with E-state index < -0.39 is 0 Å². The summed E-state index contributed by atoms with van der Waals surface area (Å²) in [4.78, 5) is 28.4. The van der Waals surface area contributed by atoms with Crippen LogP contribution >= 0.6 is 12.4 Å². The van der Waals surface area contributed by atoms with Crippen LogP contribution in [-0.4, -0.2) is 53.8 Å². The van der Waals surface area contributed by atoms with Crippen LogP contribution in [-0.2, 0) is 9.59 Å². The maximum Gasteiger partial charge on any atom is 0.239 e. The summed E-state index contributed by atoms with van der Waals surface area (Å²) >= 11 is 0. The number of carbonyl (C=O) groups excluding carboxylic acids is 2. The molecule has 0 radical (unpaired) electrons. The zero-order valence-corrected chi connectivity index (χ0v) is 14.4. The lowest BCUT2D eigenvalue weighted by Crippen LogP contribution is -2.55. The van der Waals surface area contributed by atoms with Gasteiger partial charge in [-0.1, -0.05) is 32.6 Å². The number of hydrogen-bond donors (Lipinski definition) is 1. The van der Waals surface area contributed by atoms with Gasteiger partial charge >= 0.3 is 0 Å². The molecular weight excluding hydrogens is 302 g/mol. The van der Waals surface area contributed by atoms with Crippen LogP contribution in [0.1, 0.15) is 51.9 Å². The Balaban J connectivity index is 0.00000242. The molecule has 1 heterocycles. The monoisotopic (exact) mass is 331 g/mol. The van der Waals surface area contributed by atoms with E-state index in [2.05, 4.69) is 0 Å². The van der Waals surface area contributed by atoms with E-state index in [1.807, 2.05) is 16.7 Å². The number of nitrogens with zero attached hydrogens (tertiary/aromatic N) is 2. The standard InChI is InChI=1S/C16H29N3O2.ClH/c1-2-6-14(17)16(21)19-11-9-18(10-12-19)15(20)13-7-4-3-5-8-13;/h13-14H,2-12,17H2,1H3;1H. The number of nitrogens with two attached hydrogens (primary N) is 1. The number of halogens is 1. The van der Waals surface area contributed by atoms with Crippen molar-refractivity contribution in [1.82, 2.24) is 9.80 Å². The number of carbonyl (C=O) groups is 2. The highest BCUT2D eigenvalue weighted by molar-refractivity contribution is 5.85. The zero-order chi connectivity index (χ0) is 15.2. The lowest BCUT2D eigenvalue weighted by molar-refractivity contribution is -0.143. The van der Waals surface area contributed by atoms with Crippen molar-refractivity contribution < 1.29 is 9.59 Å². The van der Waals surface area contributed by atoms with Gasteiger partial charge < -0.3 is 15.5 Å². The predicted molar refractivity (Wildman–Crippen MR) is 89.9 cm³/mol. The molecule has 0 spiro atoms. The van der Waals surface area contributed by atoms with Crippen molar-refractivity contribution in [3.63, 3.8) is 0 Å². The summed E-state index contributed by atoms with van der Waals surface area (Å²) in [5.41, 5.74) is 5.90. The van der Waals surface area contributed by atoms with Crippen LogP contribution in [0.2, 0.25) is 0 Å². The molecule has 6 heteroatoms. The highest BCUT2D eigenvalue weighted by Gasteiger charge is 2.30. The fourth-order valence-corrected chi connectivity index (χ4v) is 3.42. The Morgan fingerprint density at radius 3 is 2.14 bits per heavy atom. The van der Waals surface area contributed by atoms with Gasteiger partial charge in [-0.05, 0) is 19.3 Å². The Morgan fingerprint density at radius 1 is 1.05 bits per heavy atom. The van der Waals surface area contributed by atoms with Crippen LogP contribution in [0.3, 0.4) is 0 Å². The van der Waals surface area contributed by atoms with E-state index in [0.717, 1.165) is 25.7 Å². The van der Waals surface area contributed by atoms with Gasteiger partial charge in [0.2, 0.25) is 11.8 Å². The van der Waals surface area contributed by atoms with Crippen molar-refractivity contribution in [2.45, 2.75) is 57.9 Å². The summed E-state index contributed by atoms with van der Waals surface area (Å²) in [6, 6.07) is -0.379. The minimum Gasteiger partial charge on any atom is -0.339 e. The lowest BCUT2D eigenvalue weighted by atomic mass is 9.88. The smallest absolute Gasteiger partial charge is 0.239 e. The molecule has 128 valence electrons. The molecule has 1 atom stereocenters. The molecule has 2 fully saturated rings. The molecule has 1 aliphatic heterocycles. The molecule has 22 heavy (non-hydrogen) atoms. The summed E-state index contributed by atoms with van der Waals surface area (Å²) in [7, 11) is 0. The number of amides is 2. The zero-order valence-electron chi connectivity index (χ0n) is 13.6. The lowest BCUT2D eigenvalue weighted by Gasteiger charge is -2.38. The van der Waals surface area contributed by atoms with Crippen molar-refractivity contribution in [2.24, 2.45) is 11.7 Å². The topological polar surface area (TPSA) is 66.6 Å². The first-order chi connectivity index (χ1) is 10.1. The van der Waals surface area contributed by atoms with E-state index >= 15 is 0 Å². The third kappa shape index (κ3) is 4.85. The third-order valence-electron chi connectivity index (χ3n) is 4.77. The van der Waals surface area contributed by atoms with Gasteiger partial charge in [-0.2, -0.15) is 0 Å². The quantitative estimate of drug-likeness (QED) is 0.854. The SMILES string of the molecule is CCCC(N)C(=O)N1CCN(C(=O)C2CCCCC2)CC1.Cl. The predicted octanol–water partition coefficient (Wildman–Crippen LogP) is 1.79. The number of rotatable bonds is 4. The fraction of sp³-hybridized carbons (Fsp3) is 0.875. The molecule has 0 aromatic heterocycles. The molecular formula is C16H30ClN3O2. The molecule has 1 unspecified atom stereocenters. The molecule has 5 nitrogen and oxygen atoms in total. The largest absolute Gasteiger partial charge is 0.339 e. The maximum absolute atomic E-state index is 12.5. The minimum absolute atomic E-state index is 0. The van der Waals surface area contributed by atoms with Crippen molar-refractivity contribution in [1.29, 1.82) is 0 Å². The van der Waals surface area contributed by atoms with Gasteiger partial charge in [-0.3, -0.25) is 9.59 Å². The molecule has 0 aromatic rings. The van der Waals surface area contributed by atoms with Gasteiger partial charge in [0.15, 0.2) is 0 Å². The van der Waals surface area contributed by atoms with Gasteiger partial charge in [-0.15, -0.1) is 12.4 Å². The molecule has 2 aliphatic rings. The Kier molecular flexibility index (Phi) is 8.18. The molecule has 1 saturated carbocycles. The summed E-state index contributed by atoms with van der Waals surface area (Å²) in [5.74, 6) is 0.574. The molecule has 1 aliphatic carbocycles. The Labute approximate surface area is 140 Å². The molecule has 2 N–H and O–H groups in total. The Bertz CT molecular complexity index is 364. The van der Waals surface area contributed by atoms with E-state index in [4.69, 9.17) is 5.73 Å². The van der Waals surface area contributed by atoms with E-state index in [-0.39, 0.29) is 30.3 Å². The minimum atomic E-state index is -0.379. The highest BCUT2D eigenvalue weighted by atomic mass is 35.5. The van der Waals surface area contributed by atoms with Gasteiger partial charge in [0.1, 0.15) is 0 Å². The maximum atomic E-state index is 12.5. The van der Waals surface area contributed by atoms with Crippen LogP contribution in [0.5, 0.6) is 0 Å². The second-order valence-electron chi connectivity index (χ2n) is 6.38. The van der Waals surface area contributed by atoms with Crippen molar-refractivity contribution >= 4 is 24.2 Å². The Hall–Kier alpha value is -0.810. The summed E-state index contributed by atoms with van der Waals surface area (Å²) in [6.45, 7) is 4.64. The second-order valence-corrected chi connectivity index (χ2v) is 6.38. The van der Waals surface area contributed by atoms with E-state index in [1.54, 1.807) is 0 Å².